The third-order valence-corrected chi connectivity index (χ3v) is 6.08. The van der Waals surface area contributed by atoms with Gasteiger partial charge in [-0.05, 0) is 46.9 Å². The first-order chi connectivity index (χ1) is 15.1. The zero-order valence-electron chi connectivity index (χ0n) is 16.6. The number of para-hydroxylation sites is 1. The van der Waals surface area contributed by atoms with E-state index in [0.29, 0.717) is 30.1 Å². The van der Waals surface area contributed by atoms with Crippen molar-refractivity contribution in [1.29, 1.82) is 0 Å². The number of halogens is 1. The van der Waals surface area contributed by atoms with Gasteiger partial charge in [0.2, 0.25) is 0 Å². The van der Waals surface area contributed by atoms with Crippen molar-refractivity contribution in [2.24, 2.45) is 10.1 Å². The van der Waals surface area contributed by atoms with Gasteiger partial charge in [0.25, 0.3) is 5.91 Å². The molecule has 0 radical (unpaired) electrons. The molecule has 2 aliphatic heterocycles. The monoisotopic (exact) mass is 529 g/mol. The largest absolute Gasteiger partial charge is 0.494 e. The Kier molecular flexibility index (Phi) is 5.36. The molecule has 0 saturated carbocycles. The van der Waals surface area contributed by atoms with Crippen molar-refractivity contribution in [1.82, 2.24) is 15.2 Å². The fourth-order valence-corrected chi connectivity index (χ4v) is 4.38. The SMILES string of the molecule is O=C(CON=C1C(c2c(O)[nH]c3ccc(I)cc23)=Nc2ccccc21)N1CCNCC1. The number of piperazine rings is 1. The molecule has 3 heterocycles. The van der Waals surface area contributed by atoms with E-state index < -0.39 is 0 Å². The van der Waals surface area contributed by atoms with Gasteiger partial charge < -0.3 is 25.1 Å². The number of rotatable bonds is 4. The minimum absolute atomic E-state index is 0.0214. The number of aromatic amines is 1. The van der Waals surface area contributed by atoms with Crippen molar-refractivity contribution in [3.63, 3.8) is 0 Å². The summed E-state index contributed by atoms with van der Waals surface area (Å²) < 4.78 is 1.04. The van der Waals surface area contributed by atoms with Crippen LogP contribution in [-0.4, -0.2) is 65.1 Å². The maximum Gasteiger partial charge on any atom is 0.263 e. The highest BCUT2D eigenvalue weighted by Crippen LogP contribution is 2.36. The fraction of sp³-hybridized carbons (Fsp3) is 0.227. The number of H-pyrrole nitrogens is 1. The number of nitrogens with one attached hydrogen (secondary N) is 2. The van der Waals surface area contributed by atoms with Crippen LogP contribution < -0.4 is 5.32 Å². The predicted octanol–water partition coefficient (Wildman–Crippen LogP) is 2.77. The summed E-state index contributed by atoms with van der Waals surface area (Å²) in [6.45, 7) is 2.75. The standard InChI is InChI=1S/C22H20IN5O3/c23-13-5-6-17-15(11-13)19(22(30)26-17)21-20(14-3-1-2-4-16(14)25-21)27-31-12-18(29)28-9-7-24-8-10-28/h1-6,11,24,26,30H,7-10,12H2. The zero-order valence-corrected chi connectivity index (χ0v) is 18.7. The number of aliphatic imine (C=N–C) groups is 1. The van der Waals surface area contributed by atoms with E-state index >= 15 is 0 Å². The first-order valence-electron chi connectivity index (χ1n) is 9.99. The molecular weight excluding hydrogens is 509 g/mol. The number of benzene rings is 2. The summed E-state index contributed by atoms with van der Waals surface area (Å²) in [5, 5.41) is 19.0. The molecule has 0 bridgehead atoms. The third-order valence-electron chi connectivity index (χ3n) is 5.41. The van der Waals surface area contributed by atoms with Crippen LogP contribution in [0.1, 0.15) is 11.1 Å². The smallest absolute Gasteiger partial charge is 0.263 e. The Labute approximate surface area is 192 Å². The van der Waals surface area contributed by atoms with Gasteiger partial charge in [0.1, 0.15) is 11.4 Å². The van der Waals surface area contributed by atoms with E-state index in [1.165, 1.54) is 0 Å². The molecule has 2 aliphatic rings. The van der Waals surface area contributed by atoms with Gasteiger partial charge in [-0.2, -0.15) is 0 Å². The lowest BCUT2D eigenvalue weighted by atomic mass is 10.0. The molecule has 31 heavy (non-hydrogen) atoms. The first-order valence-corrected chi connectivity index (χ1v) is 11.1. The van der Waals surface area contributed by atoms with Gasteiger partial charge in [-0.3, -0.25) is 4.79 Å². The van der Waals surface area contributed by atoms with E-state index in [9.17, 15) is 9.90 Å². The molecule has 1 fully saturated rings. The van der Waals surface area contributed by atoms with E-state index in [0.717, 1.165) is 38.8 Å². The molecule has 0 unspecified atom stereocenters. The molecule has 0 atom stereocenters. The lowest BCUT2D eigenvalue weighted by Crippen LogP contribution is -2.47. The summed E-state index contributed by atoms with van der Waals surface area (Å²) in [6.07, 6.45) is 0. The molecule has 5 rings (SSSR count). The second-order valence-corrected chi connectivity index (χ2v) is 8.61. The summed E-state index contributed by atoms with van der Waals surface area (Å²) in [5.74, 6) is -0.0757. The van der Waals surface area contributed by atoms with Gasteiger partial charge in [0, 0.05) is 46.2 Å². The third kappa shape index (κ3) is 3.79. The van der Waals surface area contributed by atoms with Crippen LogP contribution in [0.3, 0.4) is 0 Å². The van der Waals surface area contributed by atoms with Crippen molar-refractivity contribution in [2.75, 3.05) is 32.8 Å². The number of nitrogens with zero attached hydrogens (tertiary/aromatic N) is 3. The number of hydrogen-bond acceptors (Lipinski definition) is 6. The Morgan fingerprint density at radius 2 is 2.03 bits per heavy atom. The summed E-state index contributed by atoms with van der Waals surface area (Å²) in [7, 11) is 0. The van der Waals surface area contributed by atoms with Crippen LogP contribution in [0, 0.1) is 3.57 Å². The normalized spacial score (nSPS) is 17.1. The molecule has 3 aromatic rings. The molecule has 9 heteroatoms. The molecule has 1 amide bonds. The van der Waals surface area contributed by atoms with E-state index in [1.54, 1.807) is 4.90 Å². The van der Waals surface area contributed by atoms with Gasteiger partial charge in [0.05, 0.1) is 11.3 Å². The van der Waals surface area contributed by atoms with Crippen LogP contribution in [0.15, 0.2) is 52.6 Å². The molecular formula is C22H20IN5O3. The Morgan fingerprint density at radius 1 is 1.23 bits per heavy atom. The van der Waals surface area contributed by atoms with Crippen LogP contribution in [-0.2, 0) is 9.63 Å². The summed E-state index contributed by atoms with van der Waals surface area (Å²) in [4.78, 5) is 27.4. The molecule has 0 aliphatic carbocycles. The summed E-state index contributed by atoms with van der Waals surface area (Å²) in [6, 6.07) is 13.5. The average Bonchev–Trinajstić information content (AvgIpc) is 3.30. The van der Waals surface area contributed by atoms with Crippen molar-refractivity contribution < 1.29 is 14.7 Å². The predicted molar refractivity (Wildman–Crippen MR) is 127 cm³/mol. The van der Waals surface area contributed by atoms with Crippen LogP contribution in [0.5, 0.6) is 5.88 Å². The van der Waals surface area contributed by atoms with Gasteiger partial charge in [-0.1, -0.05) is 23.4 Å². The highest BCUT2D eigenvalue weighted by molar-refractivity contribution is 14.1. The fourth-order valence-electron chi connectivity index (χ4n) is 3.89. The van der Waals surface area contributed by atoms with Crippen molar-refractivity contribution in [3.8, 4) is 5.88 Å². The van der Waals surface area contributed by atoms with Gasteiger partial charge >= 0.3 is 0 Å². The van der Waals surface area contributed by atoms with E-state index in [4.69, 9.17) is 9.83 Å². The van der Waals surface area contributed by atoms with Crippen molar-refractivity contribution in [2.45, 2.75) is 0 Å². The number of carbonyl (C=O) groups excluding carboxylic acids is 1. The highest BCUT2D eigenvalue weighted by atomic mass is 127. The highest BCUT2D eigenvalue weighted by Gasteiger charge is 2.29. The molecule has 0 spiro atoms. The number of aromatic hydroxyl groups is 1. The molecule has 3 N–H and O–H groups in total. The number of carbonyl (C=O) groups is 1. The summed E-state index contributed by atoms with van der Waals surface area (Å²) in [5.41, 5.74) is 3.93. The van der Waals surface area contributed by atoms with Gasteiger partial charge in [-0.25, -0.2) is 4.99 Å². The van der Waals surface area contributed by atoms with Crippen molar-refractivity contribution in [3.05, 3.63) is 57.2 Å². The lowest BCUT2D eigenvalue weighted by Gasteiger charge is -2.26. The zero-order chi connectivity index (χ0) is 21.4. The number of aromatic nitrogens is 1. The van der Waals surface area contributed by atoms with Crippen molar-refractivity contribution >= 4 is 56.5 Å². The minimum atomic E-state index is -0.142. The second-order valence-electron chi connectivity index (χ2n) is 7.36. The van der Waals surface area contributed by atoms with Gasteiger partial charge in [-0.15, -0.1) is 0 Å². The van der Waals surface area contributed by atoms with Crippen LogP contribution >= 0.6 is 22.6 Å². The summed E-state index contributed by atoms with van der Waals surface area (Å²) >= 11 is 2.24. The average molecular weight is 529 g/mol. The Morgan fingerprint density at radius 3 is 2.87 bits per heavy atom. The quantitative estimate of drug-likeness (QED) is 0.358. The number of fused-ring (bicyclic) bond motifs is 2. The molecule has 1 saturated heterocycles. The maximum atomic E-state index is 12.4. The van der Waals surface area contributed by atoms with Crippen LogP contribution in [0.2, 0.25) is 0 Å². The van der Waals surface area contributed by atoms with Crippen LogP contribution in [0.4, 0.5) is 5.69 Å². The first kappa shape index (κ1) is 20.0. The molecule has 2 aromatic carbocycles. The second kappa shape index (κ2) is 8.31. The Balaban J connectivity index is 1.49. The molecule has 158 valence electrons. The van der Waals surface area contributed by atoms with E-state index in [2.05, 4.69) is 38.0 Å². The minimum Gasteiger partial charge on any atom is -0.494 e. The molecule has 8 nitrogen and oxygen atoms in total. The maximum absolute atomic E-state index is 12.4. The number of hydrogen-bond donors (Lipinski definition) is 3. The Hall–Kier alpha value is -2.92. The topological polar surface area (TPSA) is 102 Å². The number of amides is 1. The lowest BCUT2D eigenvalue weighted by molar-refractivity contribution is -0.136. The van der Waals surface area contributed by atoms with Crippen LogP contribution in [0.25, 0.3) is 10.9 Å². The molecule has 1 aromatic heterocycles. The van der Waals surface area contributed by atoms with Gasteiger partial charge in [0.15, 0.2) is 12.5 Å². The van der Waals surface area contributed by atoms with E-state index in [1.807, 2.05) is 42.5 Å². The number of oxime groups is 1. The van der Waals surface area contributed by atoms with E-state index in [-0.39, 0.29) is 18.4 Å². The Bertz CT molecular complexity index is 1230.